The number of carboxylic acids is 2. The van der Waals surface area contributed by atoms with Crippen LogP contribution in [-0.2, 0) is 16.1 Å². The van der Waals surface area contributed by atoms with Crippen molar-refractivity contribution in [1.29, 1.82) is 0 Å². The Kier molecular flexibility index (Phi) is 5.87. The van der Waals surface area contributed by atoms with Crippen LogP contribution in [0, 0.1) is 0 Å². The van der Waals surface area contributed by atoms with Crippen molar-refractivity contribution in [3.63, 3.8) is 0 Å². The van der Waals surface area contributed by atoms with Gasteiger partial charge in [-0.1, -0.05) is 24.3 Å². The van der Waals surface area contributed by atoms with Crippen molar-refractivity contribution in [3.8, 4) is 11.5 Å². The van der Waals surface area contributed by atoms with Crippen LogP contribution in [0.25, 0.3) is 0 Å². The van der Waals surface area contributed by atoms with E-state index in [-0.39, 0.29) is 11.1 Å². The van der Waals surface area contributed by atoms with Crippen LogP contribution in [0.3, 0.4) is 0 Å². The first-order valence-electron chi connectivity index (χ1n) is 8.85. The van der Waals surface area contributed by atoms with Gasteiger partial charge in [0.25, 0.3) is 0 Å². The van der Waals surface area contributed by atoms with Crippen LogP contribution < -0.4 is 9.47 Å². The molecule has 0 radical (unpaired) electrons. The third-order valence-electron chi connectivity index (χ3n) is 4.70. The monoisotopic (exact) mass is 395 g/mol. The van der Waals surface area contributed by atoms with Crippen LogP contribution in [0.15, 0.2) is 72.1 Å². The van der Waals surface area contributed by atoms with Crippen LogP contribution in [0.1, 0.15) is 17.0 Å². The lowest BCUT2D eigenvalue weighted by molar-refractivity contribution is -0.133. The molecule has 1 aliphatic rings. The molecule has 2 aromatic rings. The van der Waals surface area contributed by atoms with Gasteiger partial charge in [-0.05, 0) is 35.4 Å². The van der Waals surface area contributed by atoms with Crippen molar-refractivity contribution in [2.24, 2.45) is 0 Å². The van der Waals surface area contributed by atoms with Crippen molar-refractivity contribution in [1.82, 2.24) is 4.90 Å². The smallest absolute Gasteiger partial charge is 0.334 e. The number of carboxylic acid groups (broad SMARTS) is 2. The van der Waals surface area contributed by atoms with Crippen molar-refractivity contribution < 1.29 is 29.3 Å². The zero-order valence-electron chi connectivity index (χ0n) is 16.0. The molecule has 0 spiro atoms. The highest BCUT2D eigenvalue weighted by Crippen LogP contribution is 2.37. The molecular formula is C22H21NO6. The normalized spacial score (nSPS) is 14.1. The predicted octanol–water partition coefficient (Wildman–Crippen LogP) is 3.24. The Labute approximate surface area is 168 Å². The van der Waals surface area contributed by atoms with Crippen LogP contribution in [0.5, 0.6) is 11.5 Å². The van der Waals surface area contributed by atoms with Crippen LogP contribution >= 0.6 is 0 Å². The average molecular weight is 395 g/mol. The molecule has 3 rings (SSSR count). The molecule has 0 aliphatic carbocycles. The summed E-state index contributed by atoms with van der Waals surface area (Å²) < 4.78 is 10.3. The summed E-state index contributed by atoms with van der Waals surface area (Å²) in [6.07, 6.45) is 2.96. The Morgan fingerprint density at radius 2 is 1.28 bits per heavy atom. The van der Waals surface area contributed by atoms with E-state index < -0.39 is 17.9 Å². The quantitative estimate of drug-likeness (QED) is 0.743. The zero-order chi connectivity index (χ0) is 21.0. The summed E-state index contributed by atoms with van der Waals surface area (Å²) in [5, 5.41) is 19.5. The van der Waals surface area contributed by atoms with Gasteiger partial charge in [0, 0.05) is 18.9 Å². The van der Waals surface area contributed by atoms with Gasteiger partial charge in [0.15, 0.2) is 0 Å². The van der Waals surface area contributed by atoms with E-state index >= 15 is 0 Å². The maximum absolute atomic E-state index is 12.0. The number of methoxy groups -OCH3 is 2. The average Bonchev–Trinajstić information content (AvgIpc) is 2.73. The Balaban J connectivity index is 1.97. The summed E-state index contributed by atoms with van der Waals surface area (Å²) in [5.74, 6) is -1.92. The van der Waals surface area contributed by atoms with Gasteiger partial charge < -0.3 is 24.6 Å². The van der Waals surface area contributed by atoms with E-state index in [1.165, 1.54) is 19.5 Å². The van der Waals surface area contributed by atoms with Gasteiger partial charge in [-0.3, -0.25) is 0 Å². The van der Waals surface area contributed by atoms with Crippen molar-refractivity contribution in [3.05, 3.63) is 83.2 Å². The molecule has 2 aromatic carbocycles. The number of aliphatic carboxylic acids is 2. The molecule has 0 amide bonds. The summed E-state index contributed by atoms with van der Waals surface area (Å²) in [4.78, 5) is 25.5. The highest BCUT2D eigenvalue weighted by atomic mass is 16.5. The van der Waals surface area contributed by atoms with Crippen molar-refractivity contribution in [2.75, 3.05) is 14.2 Å². The summed E-state index contributed by atoms with van der Waals surface area (Å²) in [7, 11) is 3.10. The number of nitrogens with zero attached hydrogens (tertiary/aromatic N) is 1. The van der Waals surface area contributed by atoms with Gasteiger partial charge in [-0.25, -0.2) is 9.59 Å². The SMILES string of the molecule is COc1ccc(CN2C=C(C(=O)O)C(c3ccc(OC)cc3)C(C(=O)O)=C2)cc1. The molecule has 2 N–H and O–H groups in total. The summed E-state index contributed by atoms with van der Waals surface area (Å²) in [5.41, 5.74) is 1.43. The fourth-order valence-electron chi connectivity index (χ4n) is 3.26. The topological polar surface area (TPSA) is 96.3 Å². The number of rotatable bonds is 7. The maximum Gasteiger partial charge on any atom is 0.334 e. The minimum absolute atomic E-state index is 0.0106. The fraction of sp³-hybridized carbons (Fsp3) is 0.182. The predicted molar refractivity (Wildman–Crippen MR) is 106 cm³/mol. The lowest BCUT2D eigenvalue weighted by Crippen LogP contribution is -2.27. The Bertz CT molecular complexity index is 928. The van der Waals surface area contributed by atoms with E-state index in [9.17, 15) is 19.8 Å². The maximum atomic E-state index is 12.0. The Morgan fingerprint density at radius 3 is 1.69 bits per heavy atom. The first kappa shape index (κ1) is 20.0. The molecule has 150 valence electrons. The zero-order valence-corrected chi connectivity index (χ0v) is 16.0. The third-order valence-corrected chi connectivity index (χ3v) is 4.70. The van der Waals surface area contributed by atoms with E-state index in [1.807, 2.05) is 12.1 Å². The molecule has 0 atom stereocenters. The fourth-order valence-corrected chi connectivity index (χ4v) is 3.26. The molecule has 1 heterocycles. The van der Waals surface area contributed by atoms with Gasteiger partial charge in [0.05, 0.1) is 31.3 Å². The minimum atomic E-state index is -1.17. The molecule has 1 aliphatic heterocycles. The van der Waals surface area contributed by atoms with Crippen LogP contribution in [-0.4, -0.2) is 41.3 Å². The molecule has 0 saturated carbocycles. The summed E-state index contributed by atoms with van der Waals surface area (Å²) >= 11 is 0. The first-order chi connectivity index (χ1) is 13.9. The molecule has 0 bridgehead atoms. The lowest BCUT2D eigenvalue weighted by atomic mass is 9.83. The summed E-state index contributed by atoms with van der Waals surface area (Å²) in [6.45, 7) is 0.326. The lowest BCUT2D eigenvalue weighted by Gasteiger charge is -2.29. The number of benzene rings is 2. The van der Waals surface area contributed by atoms with E-state index in [1.54, 1.807) is 48.4 Å². The number of ether oxygens (including phenoxy) is 2. The van der Waals surface area contributed by atoms with Gasteiger partial charge >= 0.3 is 11.9 Å². The number of hydrogen-bond donors (Lipinski definition) is 2. The van der Waals surface area contributed by atoms with Crippen molar-refractivity contribution in [2.45, 2.75) is 12.5 Å². The second kappa shape index (κ2) is 8.52. The molecule has 0 fully saturated rings. The summed E-state index contributed by atoms with van der Waals surface area (Å²) in [6, 6.07) is 14.0. The molecule has 7 nitrogen and oxygen atoms in total. The second-order valence-electron chi connectivity index (χ2n) is 6.51. The minimum Gasteiger partial charge on any atom is -0.497 e. The molecule has 0 unspecified atom stereocenters. The largest absolute Gasteiger partial charge is 0.497 e. The first-order valence-corrected chi connectivity index (χ1v) is 8.85. The van der Waals surface area contributed by atoms with Gasteiger partial charge in [0.1, 0.15) is 11.5 Å². The Hall–Kier alpha value is -3.74. The molecule has 0 saturated heterocycles. The van der Waals surface area contributed by atoms with E-state index in [2.05, 4.69) is 0 Å². The van der Waals surface area contributed by atoms with E-state index in [4.69, 9.17) is 9.47 Å². The van der Waals surface area contributed by atoms with Gasteiger partial charge in [0.2, 0.25) is 0 Å². The standard InChI is InChI=1S/C22H21NO6/c1-28-16-7-3-14(4-8-16)11-23-12-18(21(24)25)20(19(13-23)22(26)27)15-5-9-17(29-2)10-6-15/h3-10,12-13,20H,11H2,1-2H3,(H,24,25)(H,26,27). The molecule has 7 heteroatoms. The number of carbonyl (C=O) groups is 2. The van der Waals surface area contributed by atoms with Gasteiger partial charge in [-0.15, -0.1) is 0 Å². The van der Waals surface area contributed by atoms with Crippen LogP contribution in [0.2, 0.25) is 0 Å². The van der Waals surface area contributed by atoms with E-state index in [0.717, 1.165) is 5.56 Å². The molecule has 0 aromatic heterocycles. The van der Waals surface area contributed by atoms with E-state index in [0.29, 0.717) is 23.6 Å². The van der Waals surface area contributed by atoms with Crippen molar-refractivity contribution >= 4 is 11.9 Å². The molecule has 29 heavy (non-hydrogen) atoms. The highest BCUT2D eigenvalue weighted by molar-refractivity contribution is 5.97. The second-order valence-corrected chi connectivity index (χ2v) is 6.51. The Morgan fingerprint density at radius 1 is 0.828 bits per heavy atom. The highest BCUT2D eigenvalue weighted by Gasteiger charge is 2.34. The molecular weight excluding hydrogens is 374 g/mol. The number of hydrogen-bond acceptors (Lipinski definition) is 5. The third kappa shape index (κ3) is 4.40. The van der Waals surface area contributed by atoms with Gasteiger partial charge in [-0.2, -0.15) is 0 Å². The van der Waals surface area contributed by atoms with Crippen LogP contribution in [0.4, 0.5) is 0 Å².